The summed E-state index contributed by atoms with van der Waals surface area (Å²) in [5, 5.41) is 8.89. The molecule has 1 aliphatic heterocycles. The molecule has 7 heteroatoms. The Labute approximate surface area is 177 Å². The first-order valence-corrected chi connectivity index (χ1v) is 11.2. The lowest BCUT2D eigenvalue weighted by Gasteiger charge is -2.16. The van der Waals surface area contributed by atoms with Gasteiger partial charge in [-0.3, -0.25) is 14.6 Å². The summed E-state index contributed by atoms with van der Waals surface area (Å²) in [5.74, 6) is 2.66. The zero-order chi connectivity index (χ0) is 20.5. The van der Waals surface area contributed by atoms with Crippen LogP contribution in [-0.4, -0.2) is 42.9 Å². The second-order valence-corrected chi connectivity index (χ2v) is 8.74. The van der Waals surface area contributed by atoms with Gasteiger partial charge >= 0.3 is 0 Å². The van der Waals surface area contributed by atoms with Crippen LogP contribution in [0.25, 0.3) is 0 Å². The van der Waals surface area contributed by atoms with Crippen LogP contribution in [-0.2, 0) is 13.1 Å². The Morgan fingerprint density at radius 3 is 2.70 bits per heavy atom. The van der Waals surface area contributed by atoms with E-state index in [-0.39, 0.29) is 5.92 Å². The number of aryl methyl sites for hydroxylation is 1. The monoisotopic (exact) mass is 406 g/mol. The SMILES string of the molecule is CCn1ncc(CN2C[C@@H](c3cccnc3)[C@H](c3nc(C4CCCC4)no3)C2)c1C. The van der Waals surface area contributed by atoms with Crippen LogP contribution in [0.15, 0.2) is 35.2 Å². The quantitative estimate of drug-likeness (QED) is 0.615. The number of pyridine rings is 1. The van der Waals surface area contributed by atoms with Gasteiger partial charge in [-0.2, -0.15) is 10.1 Å². The normalized spacial score (nSPS) is 22.9. The van der Waals surface area contributed by atoms with Gasteiger partial charge in [0.15, 0.2) is 5.82 Å². The van der Waals surface area contributed by atoms with E-state index in [0.717, 1.165) is 37.9 Å². The Balaban J connectivity index is 1.40. The Morgan fingerprint density at radius 2 is 1.97 bits per heavy atom. The third-order valence-electron chi connectivity index (χ3n) is 6.90. The molecule has 0 radical (unpaired) electrons. The highest BCUT2D eigenvalue weighted by atomic mass is 16.5. The van der Waals surface area contributed by atoms with Crippen molar-refractivity contribution < 1.29 is 4.52 Å². The highest BCUT2D eigenvalue weighted by molar-refractivity contribution is 5.24. The van der Waals surface area contributed by atoms with Gasteiger partial charge in [-0.15, -0.1) is 0 Å². The van der Waals surface area contributed by atoms with Gasteiger partial charge in [-0.1, -0.05) is 24.1 Å². The largest absolute Gasteiger partial charge is 0.339 e. The topological polar surface area (TPSA) is 72.9 Å². The van der Waals surface area contributed by atoms with Crippen LogP contribution in [0.3, 0.4) is 0 Å². The van der Waals surface area contributed by atoms with Crippen molar-refractivity contribution in [3.63, 3.8) is 0 Å². The molecule has 30 heavy (non-hydrogen) atoms. The Bertz CT molecular complexity index is 975. The highest BCUT2D eigenvalue weighted by Crippen LogP contribution is 2.40. The van der Waals surface area contributed by atoms with Gasteiger partial charge in [-0.05, 0) is 38.3 Å². The zero-order valence-corrected chi connectivity index (χ0v) is 17.9. The Hall–Kier alpha value is -2.54. The van der Waals surface area contributed by atoms with E-state index in [9.17, 15) is 0 Å². The summed E-state index contributed by atoms with van der Waals surface area (Å²) >= 11 is 0. The van der Waals surface area contributed by atoms with E-state index < -0.39 is 0 Å². The van der Waals surface area contributed by atoms with Crippen LogP contribution >= 0.6 is 0 Å². The summed E-state index contributed by atoms with van der Waals surface area (Å²) in [4.78, 5) is 11.7. The molecule has 3 aromatic rings. The summed E-state index contributed by atoms with van der Waals surface area (Å²) in [6.07, 6.45) is 10.7. The minimum absolute atomic E-state index is 0.193. The molecule has 158 valence electrons. The molecule has 1 saturated carbocycles. The summed E-state index contributed by atoms with van der Waals surface area (Å²) in [6.45, 7) is 7.94. The van der Waals surface area contributed by atoms with Crippen LogP contribution in [0.5, 0.6) is 0 Å². The lowest BCUT2D eigenvalue weighted by atomic mass is 9.90. The number of aromatic nitrogens is 5. The van der Waals surface area contributed by atoms with Crippen LogP contribution < -0.4 is 0 Å². The molecule has 1 aliphatic carbocycles. The maximum atomic E-state index is 5.83. The van der Waals surface area contributed by atoms with E-state index in [1.807, 2.05) is 24.7 Å². The molecule has 2 fully saturated rings. The third-order valence-corrected chi connectivity index (χ3v) is 6.90. The maximum Gasteiger partial charge on any atom is 0.231 e. The Kier molecular flexibility index (Phi) is 5.37. The zero-order valence-electron chi connectivity index (χ0n) is 17.9. The minimum Gasteiger partial charge on any atom is -0.339 e. The number of rotatable bonds is 6. The first-order valence-electron chi connectivity index (χ1n) is 11.2. The van der Waals surface area contributed by atoms with Crippen molar-refractivity contribution in [3.8, 4) is 0 Å². The van der Waals surface area contributed by atoms with Gasteiger partial charge < -0.3 is 4.52 Å². The lowest BCUT2D eigenvalue weighted by molar-refractivity contribution is 0.307. The highest BCUT2D eigenvalue weighted by Gasteiger charge is 2.39. The third kappa shape index (κ3) is 3.67. The smallest absolute Gasteiger partial charge is 0.231 e. The average molecular weight is 407 g/mol. The van der Waals surface area contributed by atoms with E-state index >= 15 is 0 Å². The van der Waals surface area contributed by atoms with Gasteiger partial charge in [0.2, 0.25) is 5.89 Å². The molecule has 2 atom stereocenters. The van der Waals surface area contributed by atoms with E-state index in [1.165, 1.54) is 42.5 Å². The van der Waals surface area contributed by atoms with Gasteiger partial charge in [-0.25, -0.2) is 0 Å². The van der Waals surface area contributed by atoms with Crippen molar-refractivity contribution in [2.45, 2.75) is 70.4 Å². The Morgan fingerprint density at radius 1 is 1.13 bits per heavy atom. The fraction of sp³-hybridized carbons (Fsp3) is 0.565. The van der Waals surface area contributed by atoms with Crippen molar-refractivity contribution in [2.75, 3.05) is 13.1 Å². The van der Waals surface area contributed by atoms with E-state index in [2.05, 4.69) is 44.7 Å². The molecule has 0 bridgehead atoms. The van der Waals surface area contributed by atoms with Gasteiger partial charge in [0.25, 0.3) is 0 Å². The van der Waals surface area contributed by atoms with Gasteiger partial charge in [0.05, 0.1) is 12.1 Å². The van der Waals surface area contributed by atoms with Crippen molar-refractivity contribution in [1.29, 1.82) is 0 Å². The molecular weight excluding hydrogens is 376 g/mol. The predicted octanol–water partition coefficient (Wildman–Crippen LogP) is 4.03. The van der Waals surface area contributed by atoms with Crippen molar-refractivity contribution in [2.24, 2.45) is 0 Å². The van der Waals surface area contributed by atoms with Crippen molar-refractivity contribution >= 4 is 0 Å². The van der Waals surface area contributed by atoms with Crippen LogP contribution in [0.4, 0.5) is 0 Å². The molecule has 3 aromatic heterocycles. The second kappa shape index (κ2) is 8.30. The van der Waals surface area contributed by atoms with E-state index in [1.54, 1.807) is 0 Å². The molecule has 5 rings (SSSR count). The molecule has 0 spiro atoms. The molecule has 4 heterocycles. The first kappa shape index (κ1) is 19.4. The van der Waals surface area contributed by atoms with Crippen LogP contribution in [0.2, 0.25) is 0 Å². The average Bonchev–Trinajstić information content (AvgIpc) is 3.56. The number of nitrogens with zero attached hydrogens (tertiary/aromatic N) is 6. The van der Waals surface area contributed by atoms with Gasteiger partial charge in [0, 0.05) is 61.7 Å². The number of hydrogen-bond acceptors (Lipinski definition) is 6. The summed E-state index contributed by atoms with van der Waals surface area (Å²) in [7, 11) is 0. The molecule has 0 amide bonds. The lowest BCUT2D eigenvalue weighted by Crippen LogP contribution is -2.20. The minimum atomic E-state index is 0.193. The molecule has 0 aromatic carbocycles. The molecule has 0 unspecified atom stereocenters. The van der Waals surface area contributed by atoms with Crippen molar-refractivity contribution in [1.82, 2.24) is 29.8 Å². The van der Waals surface area contributed by atoms with E-state index in [4.69, 9.17) is 9.51 Å². The first-order chi connectivity index (χ1) is 14.7. The van der Waals surface area contributed by atoms with E-state index in [0.29, 0.717) is 11.8 Å². The summed E-state index contributed by atoms with van der Waals surface area (Å²) in [6, 6.07) is 4.19. The number of likely N-dealkylation sites (tertiary alicyclic amines) is 1. The fourth-order valence-electron chi connectivity index (χ4n) is 5.15. The standard InChI is InChI=1S/C23H30N6O/c1-3-29-16(2)19(12-25-29)13-28-14-20(18-9-6-10-24-11-18)21(15-28)23-26-22(27-30-23)17-7-4-5-8-17/h6,9-12,17,20-21H,3-5,7-8,13-15H2,1-2H3/t20-,21+/m0/s1. The summed E-state index contributed by atoms with van der Waals surface area (Å²) in [5.41, 5.74) is 3.78. The molecule has 0 N–H and O–H groups in total. The summed E-state index contributed by atoms with van der Waals surface area (Å²) < 4.78 is 7.89. The molecular formula is C23H30N6O. The molecule has 2 aliphatic rings. The van der Waals surface area contributed by atoms with Crippen LogP contribution in [0, 0.1) is 6.92 Å². The number of hydrogen-bond donors (Lipinski definition) is 0. The maximum absolute atomic E-state index is 5.83. The molecule has 1 saturated heterocycles. The fourth-order valence-corrected chi connectivity index (χ4v) is 5.15. The predicted molar refractivity (Wildman–Crippen MR) is 113 cm³/mol. The van der Waals surface area contributed by atoms with Crippen LogP contribution in [0.1, 0.15) is 78.9 Å². The second-order valence-electron chi connectivity index (χ2n) is 8.74. The molecule has 7 nitrogen and oxygen atoms in total. The van der Waals surface area contributed by atoms with Gasteiger partial charge in [0.1, 0.15) is 0 Å². The van der Waals surface area contributed by atoms with Crippen molar-refractivity contribution in [3.05, 3.63) is 59.3 Å².